The molecule has 1 aliphatic carbocycles. The summed E-state index contributed by atoms with van der Waals surface area (Å²) in [6, 6.07) is 0. The van der Waals surface area contributed by atoms with E-state index < -0.39 is 0 Å². The van der Waals surface area contributed by atoms with Crippen LogP contribution in [0.3, 0.4) is 0 Å². The molecule has 1 aliphatic rings. The highest BCUT2D eigenvalue weighted by Gasteiger charge is 2.31. The molecule has 1 rings (SSSR count). The first-order valence-electron chi connectivity index (χ1n) is 10.9. The van der Waals surface area contributed by atoms with Crippen molar-refractivity contribution in [2.24, 2.45) is 11.3 Å². The number of rotatable bonds is 13. The lowest BCUT2D eigenvalue weighted by molar-refractivity contribution is -0.140. The quantitative estimate of drug-likeness (QED) is 0.262. The number of aliphatic hydroxyl groups is 2. The minimum Gasteiger partial charge on any atom is -0.469 e. The van der Waals surface area contributed by atoms with E-state index in [1.54, 1.807) is 0 Å². The predicted molar refractivity (Wildman–Crippen MR) is 110 cm³/mol. The van der Waals surface area contributed by atoms with Gasteiger partial charge >= 0.3 is 5.97 Å². The van der Waals surface area contributed by atoms with Gasteiger partial charge in [0.15, 0.2) is 0 Å². The fourth-order valence-corrected chi connectivity index (χ4v) is 4.05. The largest absolute Gasteiger partial charge is 0.469 e. The molecule has 2 N–H and O–H groups in total. The Hall–Kier alpha value is -0.870. The van der Waals surface area contributed by atoms with Crippen LogP contribution < -0.4 is 0 Å². The molecule has 0 aromatic heterocycles. The van der Waals surface area contributed by atoms with Gasteiger partial charge in [-0.2, -0.15) is 0 Å². The van der Waals surface area contributed by atoms with E-state index in [9.17, 15) is 15.0 Å². The van der Waals surface area contributed by atoms with Crippen molar-refractivity contribution in [3.63, 3.8) is 0 Å². The number of aliphatic hydroxyl groups excluding tert-OH is 2. The molecular formula is C23H42O4. The van der Waals surface area contributed by atoms with E-state index in [1.165, 1.54) is 12.7 Å². The summed E-state index contributed by atoms with van der Waals surface area (Å²) in [6.07, 6.45) is 13.0. The second kappa shape index (κ2) is 12.6. The molecule has 1 fully saturated rings. The highest BCUT2D eigenvalue weighted by Crippen LogP contribution is 2.37. The number of carbonyl (C=O) groups is 1. The van der Waals surface area contributed by atoms with Crippen LogP contribution in [0.4, 0.5) is 0 Å². The Morgan fingerprint density at radius 3 is 2.63 bits per heavy atom. The molecule has 158 valence electrons. The Morgan fingerprint density at radius 2 is 1.96 bits per heavy atom. The molecule has 0 heterocycles. The monoisotopic (exact) mass is 382 g/mol. The number of carbonyl (C=O) groups excluding carboxylic acids is 1. The van der Waals surface area contributed by atoms with Crippen molar-refractivity contribution in [1.82, 2.24) is 0 Å². The molecule has 1 saturated carbocycles. The van der Waals surface area contributed by atoms with Crippen molar-refractivity contribution in [3.8, 4) is 0 Å². The number of methoxy groups -OCH3 is 1. The number of ether oxygens (including phenoxy) is 1. The van der Waals surface area contributed by atoms with Gasteiger partial charge in [0, 0.05) is 12.3 Å². The van der Waals surface area contributed by atoms with Gasteiger partial charge in [-0.25, -0.2) is 0 Å². The zero-order chi connectivity index (χ0) is 20.3. The third kappa shape index (κ3) is 8.78. The lowest BCUT2D eigenvalue weighted by atomic mass is 9.79. The second-order valence-electron chi connectivity index (χ2n) is 8.86. The number of unbranched alkanes of at least 4 members (excludes halogenated alkanes) is 4. The van der Waals surface area contributed by atoms with Gasteiger partial charge in [-0.3, -0.25) is 4.79 Å². The van der Waals surface area contributed by atoms with Crippen LogP contribution in [0.5, 0.6) is 0 Å². The summed E-state index contributed by atoms with van der Waals surface area (Å²) >= 11 is 0. The van der Waals surface area contributed by atoms with Crippen molar-refractivity contribution in [1.29, 1.82) is 0 Å². The van der Waals surface area contributed by atoms with Crippen LogP contribution in [-0.2, 0) is 9.53 Å². The van der Waals surface area contributed by atoms with Crippen LogP contribution in [0.1, 0.15) is 97.8 Å². The van der Waals surface area contributed by atoms with Crippen LogP contribution in [0.2, 0.25) is 0 Å². The maximum atomic E-state index is 11.1. The van der Waals surface area contributed by atoms with Gasteiger partial charge in [0.2, 0.25) is 0 Å². The Bertz CT molecular complexity index is 455. The molecule has 0 saturated heterocycles. The molecule has 0 aromatic rings. The van der Waals surface area contributed by atoms with Gasteiger partial charge in [0.1, 0.15) is 0 Å². The van der Waals surface area contributed by atoms with Gasteiger partial charge in [-0.1, -0.05) is 64.5 Å². The van der Waals surface area contributed by atoms with Crippen molar-refractivity contribution < 1.29 is 19.7 Å². The van der Waals surface area contributed by atoms with Crippen LogP contribution in [0.25, 0.3) is 0 Å². The Balaban J connectivity index is 2.41. The third-order valence-electron chi connectivity index (χ3n) is 6.22. The molecule has 0 radical (unpaired) electrons. The molecule has 4 heteroatoms. The molecule has 0 bridgehead atoms. The minimum absolute atomic E-state index is 0.0561. The van der Waals surface area contributed by atoms with Gasteiger partial charge in [0.05, 0.1) is 19.3 Å². The van der Waals surface area contributed by atoms with E-state index >= 15 is 0 Å². The smallest absolute Gasteiger partial charge is 0.305 e. The van der Waals surface area contributed by atoms with Crippen LogP contribution in [0.15, 0.2) is 11.6 Å². The summed E-state index contributed by atoms with van der Waals surface area (Å²) in [5.41, 5.74) is 1.28. The summed E-state index contributed by atoms with van der Waals surface area (Å²) in [7, 11) is 1.43. The summed E-state index contributed by atoms with van der Waals surface area (Å²) in [5, 5.41) is 21.0. The topological polar surface area (TPSA) is 66.8 Å². The van der Waals surface area contributed by atoms with E-state index in [-0.39, 0.29) is 29.5 Å². The highest BCUT2D eigenvalue weighted by molar-refractivity contribution is 5.68. The third-order valence-corrected chi connectivity index (χ3v) is 6.22. The fourth-order valence-electron chi connectivity index (χ4n) is 4.05. The van der Waals surface area contributed by atoms with E-state index in [0.717, 1.165) is 64.2 Å². The Kier molecular flexibility index (Phi) is 11.2. The average molecular weight is 383 g/mol. The fraction of sp³-hybridized carbons (Fsp3) is 0.870. The van der Waals surface area contributed by atoms with Crippen LogP contribution in [0, 0.1) is 11.3 Å². The summed E-state index contributed by atoms with van der Waals surface area (Å²) in [4.78, 5) is 11.1. The normalized spacial score (nSPS) is 23.0. The van der Waals surface area contributed by atoms with E-state index in [0.29, 0.717) is 12.8 Å². The van der Waals surface area contributed by atoms with Gasteiger partial charge in [-0.05, 0) is 43.9 Å². The lowest BCUT2D eigenvalue weighted by Gasteiger charge is -2.30. The summed E-state index contributed by atoms with van der Waals surface area (Å²) in [5.74, 6) is 0.114. The van der Waals surface area contributed by atoms with Crippen molar-refractivity contribution in [2.75, 3.05) is 7.11 Å². The zero-order valence-electron chi connectivity index (χ0n) is 18.0. The number of esters is 1. The maximum Gasteiger partial charge on any atom is 0.305 e. The average Bonchev–Trinajstić information content (AvgIpc) is 3.00. The van der Waals surface area contributed by atoms with Crippen molar-refractivity contribution in [2.45, 2.75) is 110 Å². The lowest BCUT2D eigenvalue weighted by Crippen LogP contribution is -2.29. The van der Waals surface area contributed by atoms with E-state index in [4.69, 9.17) is 0 Å². The summed E-state index contributed by atoms with van der Waals surface area (Å²) in [6.45, 7) is 6.49. The van der Waals surface area contributed by atoms with Gasteiger partial charge < -0.3 is 14.9 Å². The first kappa shape index (κ1) is 24.2. The maximum absolute atomic E-state index is 11.1. The molecular weight excluding hydrogens is 340 g/mol. The first-order valence-corrected chi connectivity index (χ1v) is 10.9. The molecule has 3 atom stereocenters. The molecule has 0 aromatic carbocycles. The number of hydrogen-bond acceptors (Lipinski definition) is 4. The molecule has 1 unspecified atom stereocenters. The molecule has 0 aliphatic heterocycles. The minimum atomic E-state index is -0.326. The van der Waals surface area contributed by atoms with Gasteiger partial charge in [-0.15, -0.1) is 0 Å². The SMILES string of the molecule is CCCCC(C)(C)C(O)CC=C1CC[C@H](O)[C@@H]1CCCCCCC(=O)OC. The van der Waals surface area contributed by atoms with E-state index in [2.05, 4.69) is 31.6 Å². The summed E-state index contributed by atoms with van der Waals surface area (Å²) < 4.78 is 4.66. The number of hydrogen-bond donors (Lipinski definition) is 2. The molecule has 27 heavy (non-hydrogen) atoms. The second-order valence-corrected chi connectivity index (χ2v) is 8.86. The Morgan fingerprint density at radius 1 is 1.26 bits per heavy atom. The molecule has 0 spiro atoms. The van der Waals surface area contributed by atoms with Crippen LogP contribution in [-0.4, -0.2) is 35.5 Å². The van der Waals surface area contributed by atoms with Crippen LogP contribution >= 0.6 is 0 Å². The molecule has 0 amide bonds. The highest BCUT2D eigenvalue weighted by atomic mass is 16.5. The van der Waals surface area contributed by atoms with Gasteiger partial charge in [0.25, 0.3) is 0 Å². The van der Waals surface area contributed by atoms with Crippen molar-refractivity contribution >= 4 is 5.97 Å². The standard InChI is InChI=1S/C23H42O4/c1-5-6-17-23(2,3)21(25)16-14-18-13-15-20(24)19(18)11-9-7-8-10-12-22(26)27-4/h14,19-21,24-25H,5-13,15-17H2,1-4H3/t19-,20+,21?/m1/s1. The molecule has 4 nitrogen and oxygen atoms in total. The first-order chi connectivity index (χ1) is 12.8. The Labute approximate surface area is 166 Å². The predicted octanol–water partition coefficient (Wildman–Crippen LogP) is 5.16. The van der Waals surface area contributed by atoms with E-state index in [1.807, 2.05) is 0 Å². The zero-order valence-corrected chi connectivity index (χ0v) is 18.0. The van der Waals surface area contributed by atoms with Crippen molar-refractivity contribution in [3.05, 3.63) is 11.6 Å².